The molecule has 0 aliphatic rings. The highest BCUT2D eigenvalue weighted by Gasteiger charge is 2.24. The first-order valence-electron chi connectivity index (χ1n) is 21.4. The van der Waals surface area contributed by atoms with Crippen molar-refractivity contribution in [1.29, 1.82) is 0 Å². The zero-order valence-electron chi connectivity index (χ0n) is 33.2. The van der Waals surface area contributed by atoms with Gasteiger partial charge in [-0.1, -0.05) is 181 Å². The molecule has 0 heterocycles. The van der Waals surface area contributed by atoms with Crippen LogP contribution in [0.25, 0.3) is 0 Å². The van der Waals surface area contributed by atoms with Gasteiger partial charge in [0.15, 0.2) is 0 Å². The number of carbonyl (C=O) groups is 4. The van der Waals surface area contributed by atoms with Crippen molar-refractivity contribution in [1.82, 2.24) is 5.32 Å². The first-order chi connectivity index (χ1) is 24.8. The summed E-state index contributed by atoms with van der Waals surface area (Å²) in [4.78, 5) is 48.8. The third-order valence-corrected chi connectivity index (χ3v) is 9.76. The molecule has 0 saturated carbocycles. The van der Waals surface area contributed by atoms with Crippen LogP contribution in [0.3, 0.4) is 0 Å². The molecule has 300 valence electrons. The Balaban J connectivity index is 4.19. The highest BCUT2D eigenvalue weighted by atomic mass is 16.5. The Kier molecular flexibility index (Phi) is 36.0. The van der Waals surface area contributed by atoms with Crippen molar-refractivity contribution in [2.24, 2.45) is 5.73 Å². The molecule has 0 saturated heterocycles. The van der Waals surface area contributed by atoms with E-state index in [1.165, 1.54) is 141 Å². The van der Waals surface area contributed by atoms with E-state index in [1.807, 2.05) is 0 Å². The van der Waals surface area contributed by atoms with Gasteiger partial charge in [-0.25, -0.2) is 4.79 Å². The molecule has 0 aromatic rings. The minimum absolute atomic E-state index is 0.0217. The maximum Gasteiger partial charge on any atom is 0.328 e. The van der Waals surface area contributed by atoms with E-state index in [2.05, 4.69) is 19.2 Å². The zero-order chi connectivity index (χ0) is 37.6. The van der Waals surface area contributed by atoms with Crippen molar-refractivity contribution >= 4 is 23.8 Å². The first kappa shape index (κ1) is 48.8. The Morgan fingerprint density at radius 3 is 1.24 bits per heavy atom. The summed E-state index contributed by atoms with van der Waals surface area (Å²) >= 11 is 0. The standard InChI is InChI=1S/C42H80N2O7/c1-3-5-7-9-11-13-15-17-19-21-23-25-27-29-35-50-40(46)34-32-38(44-39(45)33-31-37(43)41(47)48)42(49)51-36-30-28-26-24-22-20-18-16-14-12-10-8-6-4-2/h37-38H,3-36,43H2,1-2H3,(H,44,45)(H,47,48)/t37?,38-/m0/s1. The average Bonchev–Trinajstić information content (AvgIpc) is 3.12. The smallest absolute Gasteiger partial charge is 0.328 e. The second kappa shape index (κ2) is 37.6. The van der Waals surface area contributed by atoms with Crippen LogP contribution in [0.15, 0.2) is 0 Å². The fourth-order valence-corrected chi connectivity index (χ4v) is 6.31. The third kappa shape index (κ3) is 34.7. The van der Waals surface area contributed by atoms with E-state index in [-0.39, 0.29) is 32.3 Å². The lowest BCUT2D eigenvalue weighted by Crippen LogP contribution is -2.43. The number of rotatable bonds is 39. The van der Waals surface area contributed by atoms with Gasteiger partial charge in [0, 0.05) is 12.8 Å². The highest BCUT2D eigenvalue weighted by Crippen LogP contribution is 2.15. The maximum atomic E-state index is 12.9. The molecule has 4 N–H and O–H groups in total. The quantitative estimate of drug-likeness (QED) is 0.0419. The summed E-state index contributed by atoms with van der Waals surface area (Å²) in [7, 11) is 0. The molecule has 0 aliphatic heterocycles. The van der Waals surface area contributed by atoms with Crippen LogP contribution >= 0.6 is 0 Å². The molecule has 1 amide bonds. The lowest BCUT2D eigenvalue weighted by molar-refractivity contribution is -0.149. The van der Waals surface area contributed by atoms with Crippen LogP contribution in [0.4, 0.5) is 0 Å². The van der Waals surface area contributed by atoms with Crippen molar-refractivity contribution in [2.45, 2.75) is 231 Å². The predicted molar refractivity (Wildman–Crippen MR) is 209 cm³/mol. The van der Waals surface area contributed by atoms with Crippen LogP contribution in [0.2, 0.25) is 0 Å². The molecular weight excluding hydrogens is 644 g/mol. The number of ether oxygens (including phenoxy) is 2. The number of aliphatic carboxylic acids is 1. The molecule has 9 heteroatoms. The summed E-state index contributed by atoms with van der Waals surface area (Å²) in [6.45, 7) is 5.12. The molecule has 0 bridgehead atoms. The Labute approximate surface area is 312 Å². The number of nitrogens with two attached hydrogens (primary N) is 1. The minimum atomic E-state index is -1.19. The van der Waals surface area contributed by atoms with Crippen molar-refractivity contribution in [2.75, 3.05) is 13.2 Å². The van der Waals surface area contributed by atoms with Gasteiger partial charge in [-0.2, -0.15) is 0 Å². The summed E-state index contributed by atoms with van der Waals surface area (Å²) in [5.41, 5.74) is 5.52. The van der Waals surface area contributed by atoms with Crippen LogP contribution < -0.4 is 11.1 Å². The summed E-state index contributed by atoms with van der Waals surface area (Å²) < 4.78 is 10.9. The fraction of sp³-hybridized carbons (Fsp3) is 0.905. The number of carbonyl (C=O) groups excluding carboxylic acids is 3. The highest BCUT2D eigenvalue weighted by molar-refractivity contribution is 5.85. The van der Waals surface area contributed by atoms with Gasteiger partial charge in [-0.3, -0.25) is 14.4 Å². The second-order valence-electron chi connectivity index (χ2n) is 14.7. The molecule has 0 aliphatic carbocycles. The number of carboxylic acid groups (broad SMARTS) is 1. The van der Waals surface area contributed by atoms with E-state index in [0.29, 0.717) is 6.61 Å². The summed E-state index contributed by atoms with van der Waals surface area (Å²) in [6, 6.07) is -2.16. The Morgan fingerprint density at radius 1 is 0.510 bits per heavy atom. The third-order valence-electron chi connectivity index (χ3n) is 9.76. The van der Waals surface area contributed by atoms with Crippen LogP contribution in [-0.4, -0.2) is 54.2 Å². The minimum Gasteiger partial charge on any atom is -0.480 e. The van der Waals surface area contributed by atoms with Crippen molar-refractivity contribution < 1.29 is 33.8 Å². The molecular formula is C42H80N2O7. The first-order valence-corrected chi connectivity index (χ1v) is 21.4. The zero-order valence-corrected chi connectivity index (χ0v) is 33.2. The van der Waals surface area contributed by atoms with Crippen LogP contribution in [0, 0.1) is 0 Å². The number of carboxylic acids is 1. The van der Waals surface area contributed by atoms with E-state index in [0.717, 1.165) is 38.5 Å². The molecule has 0 radical (unpaired) electrons. The lowest BCUT2D eigenvalue weighted by Gasteiger charge is -2.18. The average molecular weight is 725 g/mol. The number of unbranched alkanes of at least 4 members (excludes halogenated alkanes) is 26. The molecule has 1 unspecified atom stereocenters. The molecule has 0 fully saturated rings. The van der Waals surface area contributed by atoms with Gasteiger partial charge in [-0.05, 0) is 25.7 Å². The largest absolute Gasteiger partial charge is 0.480 e. The number of amides is 1. The SMILES string of the molecule is CCCCCCCCCCCCCCCCOC(=O)CC[C@H](NC(=O)CCC(N)C(=O)O)C(=O)OCCCCCCCCCCCCCCCC. The van der Waals surface area contributed by atoms with Crippen molar-refractivity contribution in [3.8, 4) is 0 Å². The van der Waals surface area contributed by atoms with Crippen LogP contribution in [-0.2, 0) is 28.7 Å². The maximum absolute atomic E-state index is 12.9. The van der Waals surface area contributed by atoms with E-state index in [1.54, 1.807) is 0 Å². The van der Waals surface area contributed by atoms with Crippen molar-refractivity contribution in [3.63, 3.8) is 0 Å². The number of esters is 2. The second-order valence-corrected chi connectivity index (χ2v) is 14.7. The van der Waals surface area contributed by atoms with Gasteiger partial charge in [0.2, 0.25) is 5.91 Å². The topological polar surface area (TPSA) is 145 Å². The number of hydrogen-bond donors (Lipinski definition) is 3. The number of nitrogens with one attached hydrogen (secondary N) is 1. The Bertz CT molecular complexity index is 838. The molecule has 0 spiro atoms. The van der Waals surface area contributed by atoms with Gasteiger partial charge >= 0.3 is 17.9 Å². The van der Waals surface area contributed by atoms with Gasteiger partial charge < -0.3 is 25.6 Å². The normalized spacial score (nSPS) is 12.4. The monoisotopic (exact) mass is 725 g/mol. The lowest BCUT2D eigenvalue weighted by atomic mass is 10.0. The molecule has 2 atom stereocenters. The van der Waals surface area contributed by atoms with Gasteiger partial charge in [0.05, 0.1) is 13.2 Å². The van der Waals surface area contributed by atoms with Crippen LogP contribution in [0.1, 0.15) is 219 Å². The van der Waals surface area contributed by atoms with E-state index in [9.17, 15) is 19.2 Å². The summed E-state index contributed by atoms with van der Waals surface area (Å²) in [6.07, 6.45) is 34.8. The molecule has 0 rings (SSSR count). The number of hydrogen-bond acceptors (Lipinski definition) is 7. The summed E-state index contributed by atoms with van der Waals surface area (Å²) in [5, 5.41) is 11.6. The van der Waals surface area contributed by atoms with Gasteiger partial charge in [0.1, 0.15) is 12.1 Å². The van der Waals surface area contributed by atoms with Gasteiger partial charge in [0.25, 0.3) is 0 Å². The fourth-order valence-electron chi connectivity index (χ4n) is 6.31. The van der Waals surface area contributed by atoms with Gasteiger partial charge in [-0.15, -0.1) is 0 Å². The van der Waals surface area contributed by atoms with E-state index >= 15 is 0 Å². The molecule has 51 heavy (non-hydrogen) atoms. The Morgan fingerprint density at radius 2 is 0.863 bits per heavy atom. The van der Waals surface area contributed by atoms with E-state index < -0.39 is 35.9 Å². The molecule has 0 aromatic carbocycles. The Hall–Kier alpha value is -2.16. The predicted octanol–water partition coefficient (Wildman–Crippen LogP) is 10.5. The molecule has 9 nitrogen and oxygen atoms in total. The van der Waals surface area contributed by atoms with Crippen LogP contribution in [0.5, 0.6) is 0 Å². The summed E-state index contributed by atoms with van der Waals surface area (Å²) in [5.74, 6) is -2.67. The van der Waals surface area contributed by atoms with E-state index in [4.69, 9.17) is 20.3 Å². The molecule has 0 aromatic heterocycles. The van der Waals surface area contributed by atoms with Crippen molar-refractivity contribution in [3.05, 3.63) is 0 Å².